The highest BCUT2D eigenvalue weighted by atomic mass is 32.1. The number of methoxy groups -OCH3 is 1. The average molecular weight is 918 g/mol. The minimum atomic E-state index is -1.07. The molecule has 66 heavy (non-hydrogen) atoms. The van der Waals surface area contributed by atoms with Crippen molar-refractivity contribution in [1.29, 1.82) is 0 Å². The predicted octanol–water partition coefficient (Wildman–Crippen LogP) is 6.84. The fourth-order valence-electron chi connectivity index (χ4n) is 10.7. The number of carbonyl (C=O) groups is 5. The van der Waals surface area contributed by atoms with Gasteiger partial charge in [0.1, 0.15) is 18.1 Å². The largest absolute Gasteiger partial charge is 0.464 e. The van der Waals surface area contributed by atoms with E-state index in [1.54, 1.807) is 25.1 Å². The number of aromatic nitrogens is 3. The minimum Gasteiger partial charge on any atom is -0.464 e. The van der Waals surface area contributed by atoms with Crippen molar-refractivity contribution in [2.45, 2.75) is 131 Å². The molecule has 1 unspecified atom stereocenters. The summed E-state index contributed by atoms with van der Waals surface area (Å²) in [6.45, 7) is 15.3. The maximum absolute atomic E-state index is 14.7. The summed E-state index contributed by atoms with van der Waals surface area (Å²) in [7, 11) is 1.69. The summed E-state index contributed by atoms with van der Waals surface area (Å²) in [5.41, 5.74) is 8.61. The number of nitrogens with zero attached hydrogens (tertiary/aromatic N) is 5. The van der Waals surface area contributed by atoms with E-state index in [0.29, 0.717) is 69.6 Å². The van der Waals surface area contributed by atoms with E-state index in [0.717, 1.165) is 44.7 Å². The van der Waals surface area contributed by atoms with Crippen molar-refractivity contribution in [2.24, 2.45) is 22.7 Å². The quantitative estimate of drug-likeness (QED) is 0.103. The van der Waals surface area contributed by atoms with E-state index in [9.17, 15) is 24.0 Å². The van der Waals surface area contributed by atoms with Crippen molar-refractivity contribution in [3.63, 3.8) is 0 Å². The van der Waals surface area contributed by atoms with Gasteiger partial charge in [-0.3, -0.25) is 34.0 Å². The number of fused-ring (bicyclic) bond motifs is 6. The second kappa shape index (κ2) is 19.1. The van der Waals surface area contributed by atoms with Crippen molar-refractivity contribution in [1.82, 2.24) is 35.2 Å². The maximum Gasteiger partial charge on any atom is 0.324 e. The Labute approximate surface area is 391 Å². The molecular weight excluding hydrogens is 855 g/mol. The normalized spacial score (nSPS) is 24.3. The molecule has 15 heteroatoms. The number of rotatable bonds is 9. The van der Waals surface area contributed by atoms with E-state index < -0.39 is 46.7 Å². The van der Waals surface area contributed by atoms with Crippen LogP contribution in [-0.2, 0) is 52.8 Å². The van der Waals surface area contributed by atoms with E-state index in [1.165, 1.54) is 16.3 Å². The first-order chi connectivity index (χ1) is 31.6. The molecule has 2 N–H and O–H groups in total. The van der Waals surface area contributed by atoms with Crippen LogP contribution < -0.4 is 10.7 Å². The Kier molecular flexibility index (Phi) is 13.6. The Morgan fingerprint density at radius 1 is 1.11 bits per heavy atom. The van der Waals surface area contributed by atoms with E-state index in [1.807, 2.05) is 32.2 Å². The summed E-state index contributed by atoms with van der Waals surface area (Å²) >= 11 is 1.42. The van der Waals surface area contributed by atoms with Gasteiger partial charge in [0.2, 0.25) is 17.6 Å². The number of hydrogen-bond acceptors (Lipinski definition) is 11. The Balaban J connectivity index is 1.16. The minimum absolute atomic E-state index is 0.0903. The Hall–Kier alpha value is -5.43. The molecule has 3 aromatic heterocycles. The van der Waals surface area contributed by atoms with Crippen LogP contribution in [0.4, 0.5) is 0 Å². The topological polar surface area (TPSA) is 165 Å². The highest BCUT2D eigenvalue weighted by molar-refractivity contribution is 7.10. The van der Waals surface area contributed by atoms with Crippen molar-refractivity contribution >= 4 is 51.7 Å². The van der Waals surface area contributed by atoms with E-state index in [4.69, 9.17) is 19.4 Å². The fourth-order valence-corrected chi connectivity index (χ4v) is 11.6. The van der Waals surface area contributed by atoms with Gasteiger partial charge in [-0.15, -0.1) is 11.3 Å². The van der Waals surface area contributed by atoms with Gasteiger partial charge in [-0.2, -0.15) is 0 Å². The maximum atomic E-state index is 14.7. The number of benzene rings is 1. The Morgan fingerprint density at radius 3 is 2.65 bits per heavy atom. The van der Waals surface area contributed by atoms with Crippen LogP contribution in [0.2, 0.25) is 0 Å². The summed E-state index contributed by atoms with van der Waals surface area (Å²) < 4.78 is 14.3. The predicted molar refractivity (Wildman–Crippen MR) is 253 cm³/mol. The smallest absolute Gasteiger partial charge is 0.324 e. The lowest BCUT2D eigenvalue weighted by molar-refractivity contribution is -0.155. The first-order valence-electron chi connectivity index (χ1n) is 23.5. The van der Waals surface area contributed by atoms with Crippen LogP contribution in [-0.4, -0.2) is 98.8 Å². The van der Waals surface area contributed by atoms with Gasteiger partial charge in [0.15, 0.2) is 0 Å². The van der Waals surface area contributed by atoms with Crippen LogP contribution >= 0.6 is 11.3 Å². The number of hydrogen-bond donors (Lipinski definition) is 2. The van der Waals surface area contributed by atoms with Gasteiger partial charge in [-0.05, 0) is 107 Å². The molecule has 3 fully saturated rings. The lowest BCUT2D eigenvalue weighted by Crippen LogP contribution is -2.62. The van der Waals surface area contributed by atoms with Crippen molar-refractivity contribution in [3.8, 4) is 34.4 Å². The van der Waals surface area contributed by atoms with Crippen LogP contribution in [0.5, 0.6) is 0 Å². The van der Waals surface area contributed by atoms with Gasteiger partial charge in [-0.1, -0.05) is 39.7 Å². The number of cyclic esters (lactones) is 1. The number of carbonyl (C=O) groups excluding carboxylic acids is 5. The zero-order chi connectivity index (χ0) is 47.1. The third-order valence-electron chi connectivity index (χ3n) is 14.2. The zero-order valence-corrected chi connectivity index (χ0v) is 40.3. The molecule has 8 rings (SSSR count). The first-order valence-corrected chi connectivity index (χ1v) is 24.4. The van der Waals surface area contributed by atoms with E-state index in [-0.39, 0.29) is 42.7 Å². The van der Waals surface area contributed by atoms with E-state index >= 15 is 0 Å². The molecule has 6 atom stereocenters. The van der Waals surface area contributed by atoms with Crippen molar-refractivity contribution in [2.75, 3.05) is 26.8 Å². The molecule has 0 radical (unpaired) electrons. The van der Waals surface area contributed by atoms with Crippen LogP contribution in [0, 0.1) is 34.5 Å². The number of ether oxygens (including phenoxy) is 2. The van der Waals surface area contributed by atoms with Crippen LogP contribution in [0.1, 0.15) is 109 Å². The van der Waals surface area contributed by atoms with Gasteiger partial charge in [-0.25, -0.2) is 10.4 Å². The number of thiazole rings is 1. The standard InChI is InChI=1S/C51H63N7O7S/c1-9-13-41(59)33-18-19-51(26-33)20-23-57(49(51)63)44(30(3)4)46(60)54-38-25-42-53-39(28-66-42)32-16-17-40-35(24-32)36(45(56(40)10-2)34-14-11-21-52-43(34)31(5)64-8)27-50(6,7)29-65-48(62)37-15-12-22-58(55-37)47(38)61/h11,14,16-17,21,24,28,30-31,33,37-38,44,55H,10,12,15,18-20,22-23,25-27,29H2,1-8H3,(H,54,60)/t31-,33?,37-,38-,44-,51+/m0/s1. The third-order valence-corrected chi connectivity index (χ3v) is 15.0. The van der Waals surface area contributed by atoms with Gasteiger partial charge >= 0.3 is 5.97 Å². The zero-order valence-electron chi connectivity index (χ0n) is 39.5. The van der Waals surface area contributed by atoms with Crippen LogP contribution in [0.25, 0.3) is 33.4 Å². The lowest BCUT2D eigenvalue weighted by atomic mass is 9.83. The Bertz CT molecular complexity index is 2610. The second-order valence-electron chi connectivity index (χ2n) is 19.7. The molecule has 4 aliphatic rings. The van der Waals surface area contributed by atoms with Gasteiger partial charge < -0.3 is 24.3 Å². The number of pyridine rings is 1. The second-order valence-corrected chi connectivity index (χ2v) is 20.6. The number of ketones is 1. The summed E-state index contributed by atoms with van der Waals surface area (Å²) in [6, 6.07) is 7.74. The molecular formula is C51H63N7O7S. The Morgan fingerprint density at radius 2 is 1.91 bits per heavy atom. The van der Waals surface area contributed by atoms with Crippen molar-refractivity contribution in [3.05, 3.63) is 58.2 Å². The first kappa shape index (κ1) is 47.1. The molecule has 2 saturated heterocycles. The number of hydrazine groups is 1. The number of esters is 1. The molecule has 4 aromatic rings. The third kappa shape index (κ3) is 9.04. The molecule has 3 aliphatic heterocycles. The fraction of sp³-hybridized carbons (Fsp3) is 0.549. The number of Topliss-reactive ketones (excluding diaryl/α,β-unsaturated/α-hetero) is 1. The van der Waals surface area contributed by atoms with Gasteiger partial charge in [0.05, 0.1) is 40.2 Å². The van der Waals surface area contributed by atoms with Gasteiger partial charge in [0, 0.05) is 78.1 Å². The lowest BCUT2D eigenvalue weighted by Gasteiger charge is -2.36. The highest BCUT2D eigenvalue weighted by Crippen LogP contribution is 2.50. The highest BCUT2D eigenvalue weighted by Gasteiger charge is 2.55. The molecule has 1 saturated carbocycles. The monoisotopic (exact) mass is 917 g/mol. The number of nitrogens with one attached hydrogen (secondary N) is 2. The summed E-state index contributed by atoms with van der Waals surface area (Å²) in [5, 5.41) is 8.20. The number of amides is 3. The molecule has 1 spiro atoms. The summed E-state index contributed by atoms with van der Waals surface area (Å²) in [5.74, 6) is 3.24. The number of aryl methyl sites for hydroxylation is 1. The summed E-state index contributed by atoms with van der Waals surface area (Å²) in [6.07, 6.45) is 5.37. The van der Waals surface area contributed by atoms with Gasteiger partial charge in [0.25, 0.3) is 5.91 Å². The molecule has 14 nitrogen and oxygen atoms in total. The van der Waals surface area contributed by atoms with Crippen molar-refractivity contribution < 1.29 is 33.4 Å². The molecule has 3 amide bonds. The van der Waals surface area contributed by atoms with E-state index in [2.05, 4.69) is 72.2 Å². The van der Waals surface area contributed by atoms with Crippen LogP contribution in [0.3, 0.4) is 0 Å². The summed E-state index contributed by atoms with van der Waals surface area (Å²) in [4.78, 5) is 81.9. The molecule has 6 bridgehead atoms. The molecule has 1 aliphatic carbocycles. The molecule has 1 aromatic carbocycles. The SMILES string of the molecule is CC#CC(=O)C1CC[C@@]2(CCN([C@H](C(=O)N[C@H]3Cc4nc(cs4)-c4ccc5c(c4)c(c(-c4cccnc4[C@H](C)OC)n5CC)CC(C)(C)COC(=O)[C@@H]4CCCN(N4)C3=O)C(C)C)C2=O)C1. The molecule has 6 heterocycles. The van der Waals surface area contributed by atoms with Crippen LogP contribution in [0.15, 0.2) is 41.9 Å². The average Bonchev–Trinajstić information content (AvgIpc) is 4.10. The molecule has 350 valence electrons. The number of likely N-dealkylation sites (tertiary alicyclic amines) is 1.